The molecule has 1 aromatic rings. The number of rotatable bonds is 4. The van der Waals surface area contributed by atoms with Crippen molar-refractivity contribution in [2.24, 2.45) is 0 Å². The van der Waals surface area contributed by atoms with Crippen molar-refractivity contribution in [3.05, 3.63) is 29.6 Å². The van der Waals surface area contributed by atoms with Gasteiger partial charge in [-0.2, -0.15) is 0 Å². The first kappa shape index (κ1) is 12.9. The fraction of sp³-hybridized carbons (Fsp3) is 0.500. The number of aliphatic hydroxyl groups excluding tert-OH is 2. The van der Waals surface area contributed by atoms with E-state index >= 15 is 0 Å². The summed E-state index contributed by atoms with van der Waals surface area (Å²) in [6.45, 7) is 3.34. The minimum Gasteiger partial charge on any atom is -0.394 e. The van der Waals surface area contributed by atoms with E-state index in [2.05, 4.69) is 0 Å². The zero-order valence-corrected chi connectivity index (χ0v) is 9.81. The third kappa shape index (κ3) is 2.51. The molecule has 0 aliphatic heterocycles. The van der Waals surface area contributed by atoms with E-state index in [9.17, 15) is 9.50 Å². The van der Waals surface area contributed by atoms with Gasteiger partial charge in [-0.3, -0.25) is 0 Å². The summed E-state index contributed by atoms with van der Waals surface area (Å²) in [6, 6.07) is 4.52. The monoisotopic (exact) mass is 227 g/mol. The first-order valence-electron chi connectivity index (χ1n) is 5.29. The number of hydrogen-bond donors (Lipinski definition) is 2. The molecule has 0 radical (unpaired) electrons. The Hall–Kier alpha value is -1.13. The smallest absolute Gasteiger partial charge is 0.131 e. The molecule has 0 bridgehead atoms. The minimum atomic E-state index is -0.871. The van der Waals surface area contributed by atoms with Crippen molar-refractivity contribution < 1.29 is 14.6 Å². The molecular weight excluding hydrogens is 209 g/mol. The summed E-state index contributed by atoms with van der Waals surface area (Å²) >= 11 is 0. The summed E-state index contributed by atoms with van der Waals surface area (Å²) in [4.78, 5) is 1.76. The zero-order valence-electron chi connectivity index (χ0n) is 9.81. The SMILES string of the molecule is CC(CO)N(C)c1cccc(F)c1[C@@H](C)O. The molecule has 0 amide bonds. The Morgan fingerprint density at radius 3 is 2.50 bits per heavy atom. The highest BCUT2D eigenvalue weighted by molar-refractivity contribution is 5.55. The van der Waals surface area contributed by atoms with Crippen LogP contribution in [-0.2, 0) is 0 Å². The predicted molar refractivity (Wildman–Crippen MR) is 62.0 cm³/mol. The molecule has 4 heteroatoms. The van der Waals surface area contributed by atoms with E-state index in [4.69, 9.17) is 5.11 Å². The summed E-state index contributed by atoms with van der Waals surface area (Å²) in [5.41, 5.74) is 0.877. The normalized spacial score (nSPS) is 14.6. The van der Waals surface area contributed by atoms with Crippen molar-refractivity contribution >= 4 is 5.69 Å². The lowest BCUT2D eigenvalue weighted by molar-refractivity contribution is 0.194. The summed E-state index contributed by atoms with van der Waals surface area (Å²) in [6.07, 6.45) is -0.871. The summed E-state index contributed by atoms with van der Waals surface area (Å²) < 4.78 is 13.6. The maximum Gasteiger partial charge on any atom is 0.131 e. The number of aliphatic hydroxyl groups is 2. The van der Waals surface area contributed by atoms with Crippen molar-refractivity contribution in [3.63, 3.8) is 0 Å². The first-order valence-corrected chi connectivity index (χ1v) is 5.29. The van der Waals surface area contributed by atoms with Crippen molar-refractivity contribution in [2.45, 2.75) is 26.0 Å². The van der Waals surface area contributed by atoms with Crippen LogP contribution < -0.4 is 4.90 Å². The summed E-state index contributed by atoms with van der Waals surface area (Å²) in [7, 11) is 1.77. The van der Waals surface area contributed by atoms with E-state index in [1.165, 1.54) is 13.0 Å². The lowest BCUT2D eigenvalue weighted by atomic mass is 10.1. The molecule has 0 saturated heterocycles. The fourth-order valence-electron chi connectivity index (χ4n) is 1.61. The van der Waals surface area contributed by atoms with Crippen LogP contribution in [0.3, 0.4) is 0 Å². The lowest BCUT2D eigenvalue weighted by Gasteiger charge is -2.28. The number of likely N-dealkylation sites (N-methyl/N-ethyl adjacent to an activating group) is 1. The van der Waals surface area contributed by atoms with Gasteiger partial charge in [0.1, 0.15) is 5.82 Å². The second-order valence-corrected chi connectivity index (χ2v) is 3.99. The van der Waals surface area contributed by atoms with Gasteiger partial charge in [-0.15, -0.1) is 0 Å². The van der Waals surface area contributed by atoms with Crippen LogP contribution in [0.5, 0.6) is 0 Å². The van der Waals surface area contributed by atoms with Crippen molar-refractivity contribution in [2.75, 3.05) is 18.6 Å². The van der Waals surface area contributed by atoms with E-state index in [1.54, 1.807) is 24.1 Å². The summed E-state index contributed by atoms with van der Waals surface area (Å²) in [5.74, 6) is -0.426. The van der Waals surface area contributed by atoms with E-state index in [0.717, 1.165) is 0 Å². The van der Waals surface area contributed by atoms with Gasteiger partial charge in [0.25, 0.3) is 0 Å². The van der Waals surface area contributed by atoms with Crippen molar-refractivity contribution in [3.8, 4) is 0 Å². The van der Waals surface area contributed by atoms with Gasteiger partial charge in [0.2, 0.25) is 0 Å². The van der Waals surface area contributed by atoms with E-state index < -0.39 is 11.9 Å². The predicted octanol–water partition coefficient (Wildman–Crippen LogP) is 1.70. The number of anilines is 1. The third-order valence-electron chi connectivity index (χ3n) is 2.75. The maximum absolute atomic E-state index is 13.6. The Labute approximate surface area is 95.1 Å². The van der Waals surface area contributed by atoms with E-state index in [1.807, 2.05) is 6.92 Å². The highest BCUT2D eigenvalue weighted by atomic mass is 19.1. The van der Waals surface area contributed by atoms with Crippen molar-refractivity contribution in [1.29, 1.82) is 0 Å². The Kier molecular flexibility index (Phi) is 4.26. The Morgan fingerprint density at radius 2 is 2.00 bits per heavy atom. The van der Waals surface area contributed by atoms with Gasteiger partial charge in [-0.1, -0.05) is 6.07 Å². The van der Waals surface area contributed by atoms with Crippen LogP contribution in [-0.4, -0.2) is 29.9 Å². The Balaban J connectivity index is 3.17. The lowest BCUT2D eigenvalue weighted by Crippen LogP contribution is -2.32. The maximum atomic E-state index is 13.6. The molecule has 2 atom stereocenters. The molecule has 3 nitrogen and oxygen atoms in total. The van der Waals surface area contributed by atoms with Gasteiger partial charge < -0.3 is 15.1 Å². The average Bonchev–Trinajstić information content (AvgIpc) is 2.26. The van der Waals surface area contributed by atoms with Gasteiger partial charge in [0.15, 0.2) is 0 Å². The molecule has 0 aromatic heterocycles. The fourth-order valence-corrected chi connectivity index (χ4v) is 1.61. The Bertz CT molecular complexity index is 355. The molecule has 0 aliphatic rings. The van der Waals surface area contributed by atoms with Crippen LogP contribution in [0.4, 0.5) is 10.1 Å². The number of nitrogens with zero attached hydrogens (tertiary/aromatic N) is 1. The topological polar surface area (TPSA) is 43.7 Å². The standard InChI is InChI=1S/C12H18FNO2/c1-8(7-15)14(3)11-6-4-5-10(13)12(11)9(2)16/h4-6,8-9,15-16H,7H2,1-3H3/t8?,9-/m1/s1. The molecular formula is C12H18FNO2. The molecule has 1 rings (SSSR count). The highest BCUT2D eigenvalue weighted by Crippen LogP contribution is 2.29. The second kappa shape index (κ2) is 5.27. The zero-order chi connectivity index (χ0) is 12.3. The molecule has 0 aliphatic carbocycles. The van der Waals surface area contributed by atoms with Crippen LogP contribution in [0.1, 0.15) is 25.5 Å². The first-order chi connectivity index (χ1) is 7.49. The van der Waals surface area contributed by atoms with Crippen LogP contribution >= 0.6 is 0 Å². The van der Waals surface area contributed by atoms with Gasteiger partial charge in [-0.05, 0) is 26.0 Å². The molecule has 1 aromatic carbocycles. The van der Waals surface area contributed by atoms with Gasteiger partial charge in [0, 0.05) is 24.3 Å². The Morgan fingerprint density at radius 1 is 1.38 bits per heavy atom. The molecule has 1 unspecified atom stereocenters. The van der Waals surface area contributed by atoms with E-state index in [0.29, 0.717) is 5.69 Å². The number of benzene rings is 1. The highest BCUT2D eigenvalue weighted by Gasteiger charge is 2.18. The van der Waals surface area contributed by atoms with Gasteiger partial charge in [-0.25, -0.2) is 4.39 Å². The van der Waals surface area contributed by atoms with Gasteiger partial charge >= 0.3 is 0 Å². The quantitative estimate of drug-likeness (QED) is 0.822. The van der Waals surface area contributed by atoms with Crippen molar-refractivity contribution in [1.82, 2.24) is 0 Å². The molecule has 0 spiro atoms. The second-order valence-electron chi connectivity index (χ2n) is 3.99. The number of hydrogen-bond acceptors (Lipinski definition) is 3. The van der Waals surface area contributed by atoms with Crippen LogP contribution in [0.15, 0.2) is 18.2 Å². The van der Waals surface area contributed by atoms with Crippen LogP contribution in [0, 0.1) is 5.82 Å². The average molecular weight is 227 g/mol. The summed E-state index contributed by atoms with van der Waals surface area (Å²) in [5, 5.41) is 18.6. The molecule has 0 fully saturated rings. The third-order valence-corrected chi connectivity index (χ3v) is 2.75. The van der Waals surface area contributed by atoms with Gasteiger partial charge in [0.05, 0.1) is 12.7 Å². The molecule has 90 valence electrons. The largest absolute Gasteiger partial charge is 0.394 e. The van der Waals surface area contributed by atoms with E-state index in [-0.39, 0.29) is 18.2 Å². The van der Waals surface area contributed by atoms with Crippen LogP contribution in [0.2, 0.25) is 0 Å². The molecule has 0 heterocycles. The molecule has 2 N–H and O–H groups in total. The molecule has 16 heavy (non-hydrogen) atoms. The number of halogens is 1. The molecule has 0 saturated carbocycles. The minimum absolute atomic E-state index is 0.0216. The van der Waals surface area contributed by atoms with Crippen LogP contribution in [0.25, 0.3) is 0 Å².